The van der Waals surface area contributed by atoms with Crippen LogP contribution in [0.2, 0.25) is 0 Å². The molecule has 0 bridgehead atoms. The van der Waals surface area contributed by atoms with Crippen LogP contribution < -0.4 is 10.2 Å². The highest BCUT2D eigenvalue weighted by atomic mass is 32.2. The molecule has 0 radical (unpaired) electrons. The summed E-state index contributed by atoms with van der Waals surface area (Å²) in [5, 5.41) is 2.93. The summed E-state index contributed by atoms with van der Waals surface area (Å²) in [7, 11) is 0. The predicted molar refractivity (Wildman–Crippen MR) is 97.3 cm³/mol. The fourth-order valence-corrected chi connectivity index (χ4v) is 3.63. The minimum atomic E-state index is -0.0190. The number of hydrogen-bond acceptors (Lipinski definition) is 3. The van der Waals surface area contributed by atoms with Crippen molar-refractivity contribution in [1.29, 1.82) is 0 Å². The van der Waals surface area contributed by atoms with Crippen LogP contribution in [0.4, 0.5) is 5.69 Å². The summed E-state index contributed by atoms with van der Waals surface area (Å²) in [4.78, 5) is 27.0. The number of nitrogens with zero attached hydrogens (tertiary/aromatic N) is 1. The van der Waals surface area contributed by atoms with Crippen molar-refractivity contribution < 1.29 is 9.59 Å². The van der Waals surface area contributed by atoms with Crippen LogP contribution >= 0.6 is 11.8 Å². The summed E-state index contributed by atoms with van der Waals surface area (Å²) in [5.41, 5.74) is 2.12. The molecule has 0 saturated heterocycles. The van der Waals surface area contributed by atoms with E-state index in [9.17, 15) is 9.59 Å². The van der Waals surface area contributed by atoms with Gasteiger partial charge in [-0.05, 0) is 24.1 Å². The molecule has 0 saturated carbocycles. The molecule has 0 aromatic heterocycles. The number of fused-ring (bicyclic) bond motifs is 1. The Morgan fingerprint density at radius 3 is 2.67 bits per heavy atom. The summed E-state index contributed by atoms with van der Waals surface area (Å²) in [5.74, 6) is 0.484. The number of thioether (sulfide) groups is 1. The normalized spacial score (nSPS) is 13.5. The Morgan fingerprint density at radius 1 is 1.08 bits per heavy atom. The molecule has 3 rings (SSSR count). The van der Waals surface area contributed by atoms with Crippen LogP contribution in [0.25, 0.3) is 0 Å². The Labute approximate surface area is 146 Å². The third-order valence-electron chi connectivity index (χ3n) is 3.95. The maximum absolute atomic E-state index is 12.1. The highest BCUT2D eigenvalue weighted by Crippen LogP contribution is 2.34. The number of hydrogen-bond donors (Lipinski definition) is 1. The lowest BCUT2D eigenvalue weighted by molar-refractivity contribution is -0.121. The van der Waals surface area contributed by atoms with E-state index in [4.69, 9.17) is 0 Å². The first-order chi connectivity index (χ1) is 11.7. The van der Waals surface area contributed by atoms with E-state index in [2.05, 4.69) is 5.32 Å². The molecule has 2 amide bonds. The number of benzene rings is 2. The van der Waals surface area contributed by atoms with Crippen molar-refractivity contribution in [2.75, 3.05) is 23.7 Å². The monoisotopic (exact) mass is 340 g/mol. The van der Waals surface area contributed by atoms with E-state index in [0.29, 0.717) is 25.3 Å². The van der Waals surface area contributed by atoms with Crippen molar-refractivity contribution in [3.05, 3.63) is 60.2 Å². The standard InChI is InChI=1S/C19H20N2O2S/c22-18(20-12-10-15-6-2-1-3-7-15)11-13-21-16-8-4-5-9-17(16)24-14-19(21)23/h1-9H,10-14H2,(H,20,22). The van der Waals surface area contributed by atoms with Crippen molar-refractivity contribution in [3.63, 3.8) is 0 Å². The number of carbonyl (C=O) groups is 2. The third kappa shape index (κ3) is 4.17. The molecular formula is C19H20N2O2S. The van der Waals surface area contributed by atoms with Crippen molar-refractivity contribution in [2.24, 2.45) is 0 Å². The van der Waals surface area contributed by atoms with E-state index < -0.39 is 0 Å². The predicted octanol–water partition coefficient (Wildman–Crippen LogP) is 2.87. The fraction of sp³-hybridized carbons (Fsp3) is 0.263. The Hall–Kier alpha value is -2.27. The van der Waals surface area contributed by atoms with Gasteiger partial charge in [0.25, 0.3) is 0 Å². The highest BCUT2D eigenvalue weighted by Gasteiger charge is 2.24. The van der Waals surface area contributed by atoms with E-state index in [1.54, 1.807) is 16.7 Å². The molecule has 5 heteroatoms. The molecule has 0 atom stereocenters. The molecule has 0 fully saturated rings. The Balaban J connectivity index is 1.48. The van der Waals surface area contributed by atoms with Crippen LogP contribution in [0, 0.1) is 0 Å². The van der Waals surface area contributed by atoms with E-state index >= 15 is 0 Å². The summed E-state index contributed by atoms with van der Waals surface area (Å²) >= 11 is 1.55. The molecule has 124 valence electrons. The van der Waals surface area contributed by atoms with Crippen LogP contribution in [-0.2, 0) is 16.0 Å². The van der Waals surface area contributed by atoms with E-state index in [-0.39, 0.29) is 11.8 Å². The van der Waals surface area contributed by atoms with Gasteiger partial charge in [0.05, 0.1) is 11.4 Å². The van der Waals surface area contributed by atoms with Gasteiger partial charge in [-0.2, -0.15) is 0 Å². The van der Waals surface area contributed by atoms with E-state index in [1.807, 2.05) is 54.6 Å². The summed E-state index contributed by atoms with van der Waals surface area (Å²) < 4.78 is 0. The van der Waals surface area contributed by atoms with Crippen molar-refractivity contribution in [2.45, 2.75) is 17.7 Å². The molecular weight excluding hydrogens is 320 g/mol. The number of carbonyl (C=O) groups excluding carboxylic acids is 2. The molecule has 0 unspecified atom stereocenters. The average Bonchev–Trinajstić information content (AvgIpc) is 2.62. The smallest absolute Gasteiger partial charge is 0.237 e. The van der Waals surface area contributed by atoms with Crippen LogP contribution in [-0.4, -0.2) is 30.7 Å². The largest absolute Gasteiger partial charge is 0.356 e. The zero-order chi connectivity index (χ0) is 16.8. The highest BCUT2D eigenvalue weighted by molar-refractivity contribution is 8.00. The van der Waals surface area contributed by atoms with Gasteiger partial charge in [0.2, 0.25) is 11.8 Å². The van der Waals surface area contributed by atoms with Crippen LogP contribution in [0.5, 0.6) is 0 Å². The van der Waals surface area contributed by atoms with Gasteiger partial charge in [0.1, 0.15) is 0 Å². The zero-order valence-electron chi connectivity index (χ0n) is 13.4. The van der Waals surface area contributed by atoms with Gasteiger partial charge in [-0.1, -0.05) is 42.5 Å². The molecule has 1 aliphatic heterocycles. The minimum Gasteiger partial charge on any atom is -0.356 e. The molecule has 0 spiro atoms. The SMILES string of the molecule is O=C(CCN1C(=O)CSc2ccccc21)NCCc1ccccc1. The second-order valence-corrected chi connectivity index (χ2v) is 6.65. The summed E-state index contributed by atoms with van der Waals surface area (Å²) in [6.45, 7) is 1.04. The van der Waals surface area contributed by atoms with Crippen molar-refractivity contribution >= 4 is 29.3 Å². The van der Waals surface area contributed by atoms with Gasteiger partial charge < -0.3 is 10.2 Å². The van der Waals surface area contributed by atoms with Crippen molar-refractivity contribution in [3.8, 4) is 0 Å². The first kappa shape index (κ1) is 16.6. The molecule has 1 N–H and O–H groups in total. The molecule has 2 aromatic carbocycles. The lowest BCUT2D eigenvalue weighted by atomic mass is 10.1. The summed E-state index contributed by atoms with van der Waals surface area (Å²) in [6.07, 6.45) is 1.13. The topological polar surface area (TPSA) is 49.4 Å². The number of rotatable bonds is 6. The molecule has 1 heterocycles. The summed E-state index contributed by atoms with van der Waals surface area (Å²) in [6, 6.07) is 17.9. The van der Waals surface area contributed by atoms with Gasteiger partial charge in [0, 0.05) is 24.4 Å². The van der Waals surface area contributed by atoms with Crippen LogP contribution in [0.15, 0.2) is 59.5 Å². The maximum Gasteiger partial charge on any atom is 0.237 e. The quantitative estimate of drug-likeness (QED) is 0.880. The lowest BCUT2D eigenvalue weighted by Gasteiger charge is -2.28. The maximum atomic E-state index is 12.1. The number of anilines is 1. The van der Waals surface area contributed by atoms with Crippen LogP contribution in [0.3, 0.4) is 0 Å². The van der Waals surface area contributed by atoms with E-state index in [1.165, 1.54) is 5.56 Å². The number of para-hydroxylation sites is 1. The second-order valence-electron chi connectivity index (χ2n) is 5.64. The Bertz CT molecular complexity index is 718. The van der Waals surface area contributed by atoms with Gasteiger partial charge in [0.15, 0.2) is 0 Å². The first-order valence-electron chi connectivity index (χ1n) is 8.07. The van der Waals surface area contributed by atoms with Crippen LogP contribution in [0.1, 0.15) is 12.0 Å². The lowest BCUT2D eigenvalue weighted by Crippen LogP contribution is -2.38. The Morgan fingerprint density at radius 2 is 1.83 bits per heavy atom. The molecule has 4 nitrogen and oxygen atoms in total. The molecule has 2 aromatic rings. The Kier molecular flexibility index (Phi) is 5.54. The number of nitrogens with one attached hydrogen (secondary N) is 1. The number of amides is 2. The minimum absolute atomic E-state index is 0.0190. The van der Waals surface area contributed by atoms with E-state index in [0.717, 1.165) is 17.0 Å². The first-order valence-corrected chi connectivity index (χ1v) is 9.05. The molecule has 1 aliphatic rings. The van der Waals surface area contributed by atoms with Gasteiger partial charge >= 0.3 is 0 Å². The zero-order valence-corrected chi connectivity index (χ0v) is 14.2. The van der Waals surface area contributed by atoms with Gasteiger partial charge in [-0.3, -0.25) is 9.59 Å². The average molecular weight is 340 g/mol. The fourth-order valence-electron chi connectivity index (χ4n) is 2.69. The molecule has 24 heavy (non-hydrogen) atoms. The van der Waals surface area contributed by atoms with Gasteiger partial charge in [-0.25, -0.2) is 0 Å². The third-order valence-corrected chi connectivity index (χ3v) is 5.00. The molecule has 0 aliphatic carbocycles. The van der Waals surface area contributed by atoms with Crippen molar-refractivity contribution in [1.82, 2.24) is 5.32 Å². The van der Waals surface area contributed by atoms with Gasteiger partial charge in [-0.15, -0.1) is 11.8 Å². The second kappa shape index (κ2) is 8.02.